The van der Waals surface area contributed by atoms with Gasteiger partial charge in [0.15, 0.2) is 11.5 Å². The Labute approximate surface area is 212 Å². The number of ether oxygens (including phenoxy) is 4. The molecule has 0 radical (unpaired) electrons. The number of likely N-dealkylation sites (tertiary alicyclic amines) is 1. The Morgan fingerprint density at radius 2 is 1.81 bits per heavy atom. The second kappa shape index (κ2) is 11.5. The summed E-state index contributed by atoms with van der Waals surface area (Å²) in [6.07, 6.45) is 1.45. The quantitative estimate of drug-likeness (QED) is 0.605. The number of rotatable bonds is 7. The van der Waals surface area contributed by atoms with Gasteiger partial charge in [0, 0.05) is 25.6 Å². The summed E-state index contributed by atoms with van der Waals surface area (Å²) in [6.45, 7) is 8.00. The van der Waals surface area contributed by atoms with E-state index in [1.807, 2.05) is 69.3 Å². The molecule has 8 heteroatoms. The van der Waals surface area contributed by atoms with Gasteiger partial charge in [0.2, 0.25) is 5.91 Å². The lowest BCUT2D eigenvalue weighted by atomic mass is 9.93. The minimum Gasteiger partial charge on any atom is -0.489 e. The molecule has 2 aromatic carbocycles. The summed E-state index contributed by atoms with van der Waals surface area (Å²) in [6, 6.07) is 15.5. The number of benzene rings is 2. The van der Waals surface area contributed by atoms with E-state index in [-0.39, 0.29) is 24.0 Å². The Balaban J connectivity index is 1.18. The van der Waals surface area contributed by atoms with E-state index in [9.17, 15) is 9.59 Å². The average Bonchev–Trinajstić information content (AvgIpc) is 2.86. The topological polar surface area (TPSA) is 86.3 Å². The fraction of sp³-hybridized carbons (Fsp3) is 0.500. The molecule has 0 aromatic heterocycles. The molecule has 4 rings (SSSR count). The lowest BCUT2D eigenvalue weighted by Gasteiger charge is -2.33. The van der Waals surface area contributed by atoms with Crippen molar-refractivity contribution in [2.75, 3.05) is 26.2 Å². The van der Waals surface area contributed by atoms with Gasteiger partial charge in [-0.2, -0.15) is 0 Å². The summed E-state index contributed by atoms with van der Waals surface area (Å²) in [5.41, 5.74) is 0.583. The highest BCUT2D eigenvalue weighted by molar-refractivity contribution is 5.76. The van der Waals surface area contributed by atoms with Crippen LogP contribution in [0.5, 0.6) is 17.2 Å². The third-order valence-electron chi connectivity index (χ3n) is 6.15. The summed E-state index contributed by atoms with van der Waals surface area (Å²) < 4.78 is 23.2. The van der Waals surface area contributed by atoms with Crippen molar-refractivity contribution in [2.45, 2.75) is 58.3 Å². The van der Waals surface area contributed by atoms with E-state index in [1.165, 1.54) is 0 Å². The third kappa shape index (κ3) is 7.54. The van der Waals surface area contributed by atoms with E-state index in [0.717, 1.165) is 18.4 Å². The van der Waals surface area contributed by atoms with Gasteiger partial charge in [0.25, 0.3) is 0 Å². The molecule has 1 saturated heterocycles. The first-order valence-corrected chi connectivity index (χ1v) is 12.6. The van der Waals surface area contributed by atoms with E-state index < -0.39 is 5.60 Å². The van der Waals surface area contributed by atoms with Crippen molar-refractivity contribution < 1.29 is 28.5 Å². The van der Waals surface area contributed by atoms with Crippen LogP contribution in [0.15, 0.2) is 48.5 Å². The van der Waals surface area contributed by atoms with Crippen molar-refractivity contribution in [2.24, 2.45) is 5.92 Å². The van der Waals surface area contributed by atoms with Gasteiger partial charge in [0.1, 0.15) is 30.7 Å². The number of fused-ring (bicyclic) bond motifs is 1. The van der Waals surface area contributed by atoms with Crippen LogP contribution < -0.4 is 19.5 Å². The first-order valence-electron chi connectivity index (χ1n) is 12.6. The van der Waals surface area contributed by atoms with Crippen molar-refractivity contribution in [1.29, 1.82) is 0 Å². The number of hydrogen-bond donors (Lipinski definition) is 1. The molecule has 0 spiro atoms. The van der Waals surface area contributed by atoms with Crippen molar-refractivity contribution >= 4 is 12.0 Å². The second-order valence-electron chi connectivity index (χ2n) is 10.4. The van der Waals surface area contributed by atoms with E-state index in [2.05, 4.69) is 5.32 Å². The standard InChI is InChI=1S/C28H36N2O6/c1-28(2,3)36-27(32)30-13-11-20(12-14-30)15-26(31)29-17-23-19-34-24-10-9-22(16-25(24)35-23)33-18-21-7-5-4-6-8-21/h4-10,16,20,23H,11-15,17-19H2,1-3H3,(H,29,31)/t23-/m1/s1. The normalized spacial score (nSPS) is 17.9. The molecule has 2 aliphatic rings. The largest absolute Gasteiger partial charge is 0.489 e. The zero-order valence-electron chi connectivity index (χ0n) is 21.3. The number of nitrogens with zero attached hydrogens (tertiary/aromatic N) is 1. The van der Waals surface area contributed by atoms with Crippen LogP contribution in [0.3, 0.4) is 0 Å². The highest BCUT2D eigenvalue weighted by Crippen LogP contribution is 2.35. The molecular formula is C28H36N2O6. The summed E-state index contributed by atoms with van der Waals surface area (Å²) >= 11 is 0. The Morgan fingerprint density at radius 3 is 2.53 bits per heavy atom. The van der Waals surface area contributed by atoms with E-state index in [0.29, 0.717) is 56.5 Å². The number of hydrogen-bond acceptors (Lipinski definition) is 6. The van der Waals surface area contributed by atoms with E-state index in [1.54, 1.807) is 4.90 Å². The summed E-state index contributed by atoms with van der Waals surface area (Å²) in [4.78, 5) is 26.5. The van der Waals surface area contributed by atoms with Crippen molar-refractivity contribution in [3.63, 3.8) is 0 Å². The van der Waals surface area contributed by atoms with Gasteiger partial charge in [-0.15, -0.1) is 0 Å². The number of carbonyl (C=O) groups is 2. The molecule has 2 amide bonds. The van der Waals surface area contributed by atoms with Crippen molar-refractivity contribution in [1.82, 2.24) is 10.2 Å². The zero-order chi connectivity index (χ0) is 25.5. The minimum atomic E-state index is -0.504. The molecule has 36 heavy (non-hydrogen) atoms. The van der Waals surface area contributed by atoms with Crippen LogP contribution >= 0.6 is 0 Å². The second-order valence-corrected chi connectivity index (χ2v) is 10.4. The van der Waals surface area contributed by atoms with Gasteiger partial charge >= 0.3 is 6.09 Å². The molecule has 0 aliphatic carbocycles. The average molecular weight is 497 g/mol. The van der Waals surface area contributed by atoms with Crippen molar-refractivity contribution in [3.8, 4) is 17.2 Å². The fourth-order valence-corrected chi connectivity index (χ4v) is 4.24. The predicted molar refractivity (Wildman–Crippen MR) is 135 cm³/mol. The molecule has 1 N–H and O–H groups in total. The monoisotopic (exact) mass is 496 g/mol. The summed E-state index contributed by atoms with van der Waals surface area (Å²) in [5.74, 6) is 2.21. The first kappa shape index (κ1) is 25.7. The Kier molecular flexibility index (Phi) is 8.23. The van der Waals surface area contributed by atoms with Gasteiger partial charge in [-0.1, -0.05) is 30.3 Å². The molecule has 0 saturated carbocycles. The van der Waals surface area contributed by atoms with Crippen LogP contribution in [0, 0.1) is 5.92 Å². The molecule has 0 bridgehead atoms. The molecule has 2 aliphatic heterocycles. The van der Waals surface area contributed by atoms with Crippen LogP contribution in [0.2, 0.25) is 0 Å². The maximum Gasteiger partial charge on any atom is 0.410 e. The van der Waals surface area contributed by atoms with Gasteiger partial charge in [-0.3, -0.25) is 4.79 Å². The summed E-state index contributed by atoms with van der Waals surface area (Å²) in [5, 5.41) is 2.98. The smallest absolute Gasteiger partial charge is 0.410 e. The highest BCUT2D eigenvalue weighted by atomic mass is 16.6. The maximum atomic E-state index is 12.5. The number of amides is 2. The SMILES string of the molecule is CC(C)(C)OC(=O)N1CCC(CC(=O)NC[C@@H]2COc3ccc(OCc4ccccc4)cc3O2)CC1. The van der Waals surface area contributed by atoms with Crippen LogP contribution in [-0.2, 0) is 16.1 Å². The Bertz CT molecular complexity index is 1030. The molecular weight excluding hydrogens is 460 g/mol. The van der Waals surface area contributed by atoms with Gasteiger partial charge < -0.3 is 29.2 Å². The molecule has 2 aromatic rings. The number of nitrogens with one attached hydrogen (secondary N) is 1. The molecule has 0 unspecified atom stereocenters. The highest BCUT2D eigenvalue weighted by Gasteiger charge is 2.28. The maximum absolute atomic E-state index is 12.5. The summed E-state index contributed by atoms with van der Waals surface area (Å²) in [7, 11) is 0. The van der Waals surface area contributed by atoms with Crippen LogP contribution in [0.1, 0.15) is 45.6 Å². The Hall–Kier alpha value is -3.42. The lowest BCUT2D eigenvalue weighted by Crippen LogP contribution is -2.43. The van der Waals surface area contributed by atoms with Crippen molar-refractivity contribution in [3.05, 3.63) is 54.1 Å². The molecule has 194 valence electrons. The number of carbonyl (C=O) groups excluding carboxylic acids is 2. The number of piperidine rings is 1. The molecule has 8 nitrogen and oxygen atoms in total. The van der Waals surface area contributed by atoms with E-state index in [4.69, 9.17) is 18.9 Å². The van der Waals surface area contributed by atoms with Gasteiger partial charge in [-0.25, -0.2) is 4.79 Å². The van der Waals surface area contributed by atoms with E-state index >= 15 is 0 Å². The fourth-order valence-electron chi connectivity index (χ4n) is 4.24. The zero-order valence-corrected chi connectivity index (χ0v) is 21.3. The predicted octanol–water partition coefficient (Wildman–Crippen LogP) is 4.56. The molecule has 1 fully saturated rings. The minimum absolute atomic E-state index is 0.0138. The van der Waals surface area contributed by atoms with Crippen LogP contribution in [0.4, 0.5) is 4.79 Å². The molecule has 1 atom stereocenters. The first-order chi connectivity index (χ1) is 17.2. The Morgan fingerprint density at radius 1 is 1.06 bits per heavy atom. The van der Waals surface area contributed by atoms with Crippen LogP contribution in [0.25, 0.3) is 0 Å². The van der Waals surface area contributed by atoms with Gasteiger partial charge in [-0.05, 0) is 57.2 Å². The third-order valence-corrected chi connectivity index (χ3v) is 6.15. The molecule has 2 heterocycles. The lowest BCUT2D eigenvalue weighted by molar-refractivity contribution is -0.122. The van der Waals surface area contributed by atoms with Crippen LogP contribution in [-0.4, -0.2) is 54.8 Å². The van der Waals surface area contributed by atoms with Gasteiger partial charge in [0.05, 0.1) is 6.54 Å².